The molecule has 1 amide bonds. The van der Waals surface area contributed by atoms with Crippen LogP contribution in [0.1, 0.15) is 35.5 Å². The van der Waals surface area contributed by atoms with Crippen molar-refractivity contribution in [1.29, 1.82) is 0 Å². The summed E-state index contributed by atoms with van der Waals surface area (Å²) in [6.07, 6.45) is 1.03. The summed E-state index contributed by atoms with van der Waals surface area (Å²) >= 11 is 0. The number of pyridine rings is 1. The minimum Gasteiger partial charge on any atom is -0.378 e. The lowest BCUT2D eigenvalue weighted by molar-refractivity contribution is -0.0318. The molecular formula is C21H27N3O3. The molecule has 2 saturated heterocycles. The van der Waals surface area contributed by atoms with Crippen molar-refractivity contribution in [2.45, 2.75) is 19.4 Å². The van der Waals surface area contributed by atoms with Crippen molar-refractivity contribution in [3.05, 3.63) is 41.6 Å². The average molecular weight is 369 g/mol. The molecule has 0 spiro atoms. The smallest absolute Gasteiger partial charge is 0.254 e. The molecule has 2 aliphatic heterocycles. The van der Waals surface area contributed by atoms with Gasteiger partial charge in [0, 0.05) is 31.6 Å². The van der Waals surface area contributed by atoms with Gasteiger partial charge in [-0.1, -0.05) is 25.1 Å². The lowest BCUT2D eigenvalue weighted by Crippen LogP contribution is -2.41. The Balaban J connectivity index is 1.69. The molecule has 1 aromatic heterocycles. The molecule has 1 atom stereocenters. The van der Waals surface area contributed by atoms with E-state index < -0.39 is 0 Å². The molecule has 0 N–H and O–H groups in total. The van der Waals surface area contributed by atoms with Crippen molar-refractivity contribution in [2.75, 3.05) is 52.5 Å². The van der Waals surface area contributed by atoms with Crippen molar-refractivity contribution in [1.82, 2.24) is 14.8 Å². The molecule has 0 bridgehead atoms. The molecule has 144 valence electrons. The standard InChI is InChI=1S/C21H27N3O3/c1-2-7-23-8-13-27-20(15-23)19-14-17(16-5-3-4-6-18(16)22-19)21(25)24-9-11-26-12-10-24/h3-6,14,20H,2,7-13,15H2,1H3/t20-/m1/s1. The van der Waals surface area contributed by atoms with Gasteiger partial charge in [-0.3, -0.25) is 9.69 Å². The zero-order valence-electron chi connectivity index (χ0n) is 15.9. The fourth-order valence-electron chi connectivity index (χ4n) is 3.88. The number of aromatic nitrogens is 1. The second-order valence-corrected chi connectivity index (χ2v) is 7.18. The molecule has 0 radical (unpaired) electrons. The van der Waals surface area contributed by atoms with Gasteiger partial charge >= 0.3 is 0 Å². The van der Waals surface area contributed by atoms with Crippen LogP contribution in [0, 0.1) is 0 Å². The van der Waals surface area contributed by atoms with Crippen LogP contribution < -0.4 is 0 Å². The summed E-state index contributed by atoms with van der Waals surface area (Å²) < 4.78 is 11.4. The monoisotopic (exact) mass is 369 g/mol. The maximum absolute atomic E-state index is 13.2. The first kappa shape index (κ1) is 18.3. The molecule has 27 heavy (non-hydrogen) atoms. The van der Waals surface area contributed by atoms with Crippen molar-refractivity contribution < 1.29 is 14.3 Å². The molecule has 2 fully saturated rings. The van der Waals surface area contributed by atoms with Crippen LogP contribution >= 0.6 is 0 Å². The van der Waals surface area contributed by atoms with Crippen LogP contribution in [0.3, 0.4) is 0 Å². The Hall–Kier alpha value is -2.02. The van der Waals surface area contributed by atoms with Crippen molar-refractivity contribution in [3.63, 3.8) is 0 Å². The highest BCUT2D eigenvalue weighted by Gasteiger charge is 2.26. The number of benzene rings is 1. The molecule has 1 aromatic carbocycles. The van der Waals surface area contributed by atoms with Crippen LogP contribution in [-0.2, 0) is 9.47 Å². The van der Waals surface area contributed by atoms with Gasteiger partial charge in [0.05, 0.1) is 36.6 Å². The van der Waals surface area contributed by atoms with E-state index in [9.17, 15) is 4.79 Å². The first-order valence-corrected chi connectivity index (χ1v) is 9.87. The first-order chi connectivity index (χ1) is 13.3. The number of ether oxygens (including phenoxy) is 2. The second kappa shape index (κ2) is 8.33. The Morgan fingerprint density at radius 2 is 2.00 bits per heavy atom. The van der Waals surface area contributed by atoms with Crippen LogP contribution in [0.2, 0.25) is 0 Å². The van der Waals surface area contributed by atoms with Gasteiger partial charge in [0.25, 0.3) is 5.91 Å². The van der Waals surface area contributed by atoms with E-state index >= 15 is 0 Å². The molecular weight excluding hydrogens is 342 g/mol. The van der Waals surface area contributed by atoms with E-state index in [0.29, 0.717) is 38.5 Å². The minimum absolute atomic E-state index is 0.0550. The highest BCUT2D eigenvalue weighted by molar-refractivity contribution is 6.06. The van der Waals surface area contributed by atoms with Gasteiger partial charge < -0.3 is 14.4 Å². The fourth-order valence-corrected chi connectivity index (χ4v) is 3.88. The molecule has 0 saturated carbocycles. The molecule has 2 aromatic rings. The maximum Gasteiger partial charge on any atom is 0.254 e. The number of rotatable bonds is 4. The number of morpholine rings is 2. The highest BCUT2D eigenvalue weighted by atomic mass is 16.5. The molecule has 6 heteroatoms. The number of amides is 1. The number of fused-ring (bicyclic) bond motifs is 1. The predicted octanol–water partition coefficient (Wildman–Crippen LogP) is 2.49. The van der Waals surface area contributed by atoms with Crippen molar-refractivity contribution in [2.24, 2.45) is 0 Å². The summed E-state index contributed by atoms with van der Waals surface area (Å²) in [7, 11) is 0. The van der Waals surface area contributed by atoms with Gasteiger partial charge in [-0.15, -0.1) is 0 Å². The number of hydrogen-bond acceptors (Lipinski definition) is 5. The lowest BCUT2D eigenvalue weighted by atomic mass is 10.0. The Morgan fingerprint density at radius 1 is 1.19 bits per heavy atom. The average Bonchev–Trinajstić information content (AvgIpc) is 2.73. The molecule has 0 unspecified atom stereocenters. The molecule has 6 nitrogen and oxygen atoms in total. The van der Waals surface area contributed by atoms with Crippen LogP contribution in [-0.4, -0.2) is 73.2 Å². The summed E-state index contributed by atoms with van der Waals surface area (Å²) in [4.78, 5) is 22.3. The normalized spacial score (nSPS) is 21.5. The quantitative estimate of drug-likeness (QED) is 0.829. The van der Waals surface area contributed by atoms with E-state index in [1.54, 1.807) is 0 Å². The number of hydrogen-bond donors (Lipinski definition) is 0. The maximum atomic E-state index is 13.2. The Labute approximate surface area is 160 Å². The van der Waals surface area contributed by atoms with E-state index in [1.807, 2.05) is 35.2 Å². The van der Waals surface area contributed by atoms with E-state index in [2.05, 4.69) is 11.8 Å². The predicted molar refractivity (Wildman–Crippen MR) is 104 cm³/mol. The number of carbonyl (C=O) groups is 1. The lowest BCUT2D eigenvalue weighted by Gasteiger charge is -2.33. The van der Waals surface area contributed by atoms with E-state index in [-0.39, 0.29) is 12.0 Å². The van der Waals surface area contributed by atoms with Gasteiger partial charge in [-0.25, -0.2) is 4.98 Å². The third-order valence-corrected chi connectivity index (χ3v) is 5.28. The molecule has 2 aliphatic rings. The number of nitrogens with zero attached hydrogens (tertiary/aromatic N) is 3. The third-order valence-electron chi connectivity index (χ3n) is 5.28. The SMILES string of the molecule is CCCN1CCO[C@@H](c2cc(C(=O)N3CCOCC3)c3ccccc3n2)C1. The van der Waals surface area contributed by atoms with Crippen molar-refractivity contribution in [3.8, 4) is 0 Å². The fraction of sp³-hybridized carbons (Fsp3) is 0.524. The minimum atomic E-state index is -0.0915. The van der Waals surface area contributed by atoms with Crippen LogP contribution in [0.4, 0.5) is 0 Å². The van der Waals surface area contributed by atoms with Gasteiger partial charge in [0.2, 0.25) is 0 Å². The summed E-state index contributed by atoms with van der Waals surface area (Å²) in [5, 5.41) is 0.902. The summed E-state index contributed by atoms with van der Waals surface area (Å²) in [6.45, 7) is 8.20. The number of carbonyl (C=O) groups excluding carboxylic acids is 1. The Bertz CT molecular complexity index is 802. The topological polar surface area (TPSA) is 54.9 Å². The summed E-state index contributed by atoms with van der Waals surface area (Å²) in [6, 6.07) is 9.82. The van der Waals surface area contributed by atoms with E-state index in [4.69, 9.17) is 14.5 Å². The summed E-state index contributed by atoms with van der Waals surface area (Å²) in [5.74, 6) is 0.0550. The highest BCUT2D eigenvalue weighted by Crippen LogP contribution is 2.27. The van der Waals surface area contributed by atoms with E-state index in [0.717, 1.165) is 42.7 Å². The largest absolute Gasteiger partial charge is 0.378 e. The Kier molecular flexibility index (Phi) is 5.66. The third kappa shape index (κ3) is 3.98. The number of para-hydroxylation sites is 1. The molecule has 4 rings (SSSR count). The Morgan fingerprint density at radius 3 is 2.81 bits per heavy atom. The first-order valence-electron chi connectivity index (χ1n) is 9.87. The van der Waals surface area contributed by atoms with Gasteiger partial charge in [-0.2, -0.15) is 0 Å². The summed E-state index contributed by atoms with van der Waals surface area (Å²) in [5.41, 5.74) is 2.42. The molecule has 0 aliphatic carbocycles. The van der Waals surface area contributed by atoms with Gasteiger partial charge in [-0.05, 0) is 25.1 Å². The van der Waals surface area contributed by atoms with Crippen LogP contribution in [0.5, 0.6) is 0 Å². The zero-order chi connectivity index (χ0) is 18.6. The van der Waals surface area contributed by atoms with E-state index in [1.165, 1.54) is 0 Å². The van der Waals surface area contributed by atoms with Gasteiger partial charge in [0.15, 0.2) is 0 Å². The van der Waals surface area contributed by atoms with Gasteiger partial charge in [0.1, 0.15) is 6.10 Å². The zero-order valence-corrected chi connectivity index (χ0v) is 15.9. The van der Waals surface area contributed by atoms with Crippen LogP contribution in [0.25, 0.3) is 10.9 Å². The van der Waals surface area contributed by atoms with Crippen molar-refractivity contribution >= 4 is 16.8 Å². The second-order valence-electron chi connectivity index (χ2n) is 7.18. The molecule has 3 heterocycles. The van der Waals surface area contributed by atoms with Crippen LogP contribution in [0.15, 0.2) is 30.3 Å².